The van der Waals surface area contributed by atoms with Gasteiger partial charge in [-0.05, 0) is 0 Å². The zero-order valence-corrected chi connectivity index (χ0v) is 8.15. The first-order valence-corrected chi connectivity index (χ1v) is 4.19. The standard InChI is InChI=1S/C8H11N5O2/c1-10-7(14)4-12-8(15)5-2-11-3-6(9)13-5/h2-3H,4H2,1H3,(H2,9,13)(H,10,14)(H,12,15). The molecule has 0 aromatic carbocycles. The van der Waals surface area contributed by atoms with Gasteiger partial charge in [-0.2, -0.15) is 0 Å². The van der Waals surface area contributed by atoms with Crippen LogP contribution in [0.15, 0.2) is 12.4 Å². The fraction of sp³-hybridized carbons (Fsp3) is 0.250. The van der Waals surface area contributed by atoms with Gasteiger partial charge in [-0.1, -0.05) is 0 Å². The van der Waals surface area contributed by atoms with E-state index >= 15 is 0 Å². The molecule has 7 heteroatoms. The molecule has 0 unspecified atom stereocenters. The smallest absolute Gasteiger partial charge is 0.272 e. The lowest BCUT2D eigenvalue weighted by Gasteiger charge is -2.03. The maximum atomic E-state index is 11.4. The van der Waals surface area contributed by atoms with Crippen LogP contribution in [0.25, 0.3) is 0 Å². The molecule has 4 N–H and O–H groups in total. The van der Waals surface area contributed by atoms with Crippen molar-refractivity contribution in [2.75, 3.05) is 19.3 Å². The number of nitrogen functional groups attached to an aromatic ring is 1. The first-order chi connectivity index (χ1) is 7.13. The summed E-state index contributed by atoms with van der Waals surface area (Å²) in [6.07, 6.45) is 2.60. The molecule has 0 saturated heterocycles. The van der Waals surface area contributed by atoms with Gasteiger partial charge in [-0.15, -0.1) is 0 Å². The Hall–Kier alpha value is -2.18. The van der Waals surface area contributed by atoms with E-state index in [1.807, 2.05) is 0 Å². The monoisotopic (exact) mass is 209 g/mol. The molecule has 0 aliphatic heterocycles. The van der Waals surface area contributed by atoms with Crippen molar-refractivity contribution in [2.24, 2.45) is 0 Å². The third kappa shape index (κ3) is 3.22. The van der Waals surface area contributed by atoms with Crippen molar-refractivity contribution >= 4 is 17.6 Å². The van der Waals surface area contributed by atoms with Gasteiger partial charge in [-0.3, -0.25) is 14.6 Å². The van der Waals surface area contributed by atoms with Crippen LogP contribution in [0.1, 0.15) is 10.5 Å². The minimum Gasteiger partial charge on any atom is -0.382 e. The summed E-state index contributed by atoms with van der Waals surface area (Å²) in [4.78, 5) is 29.6. The summed E-state index contributed by atoms with van der Waals surface area (Å²) in [5.41, 5.74) is 5.43. The SMILES string of the molecule is CNC(=O)CNC(=O)c1cncc(N)n1. The summed E-state index contributed by atoms with van der Waals surface area (Å²) in [7, 11) is 1.48. The van der Waals surface area contributed by atoms with Crippen molar-refractivity contribution in [3.8, 4) is 0 Å². The van der Waals surface area contributed by atoms with Gasteiger partial charge in [0, 0.05) is 7.05 Å². The Balaban J connectivity index is 2.58. The molecule has 0 aliphatic carbocycles. The van der Waals surface area contributed by atoms with Crippen molar-refractivity contribution < 1.29 is 9.59 Å². The number of aromatic nitrogens is 2. The van der Waals surface area contributed by atoms with Crippen LogP contribution in [0.2, 0.25) is 0 Å². The van der Waals surface area contributed by atoms with Crippen LogP contribution >= 0.6 is 0 Å². The summed E-state index contributed by atoms with van der Waals surface area (Å²) in [5.74, 6) is -0.624. The zero-order valence-electron chi connectivity index (χ0n) is 8.15. The number of carbonyl (C=O) groups excluding carboxylic acids is 2. The molecule has 0 bridgehead atoms. The maximum Gasteiger partial charge on any atom is 0.272 e. The molecule has 0 spiro atoms. The molecule has 0 aliphatic rings. The number of rotatable bonds is 3. The molecule has 7 nitrogen and oxygen atoms in total. The summed E-state index contributed by atoms with van der Waals surface area (Å²) in [5, 5.41) is 4.74. The van der Waals surface area contributed by atoms with Gasteiger partial charge in [0.05, 0.1) is 18.9 Å². The molecule has 1 aromatic rings. The molecule has 0 atom stereocenters. The second kappa shape index (κ2) is 4.89. The number of anilines is 1. The molecular formula is C8H11N5O2. The van der Waals surface area contributed by atoms with Crippen LogP contribution < -0.4 is 16.4 Å². The van der Waals surface area contributed by atoms with Crippen LogP contribution in [-0.2, 0) is 4.79 Å². The number of hydrogen-bond donors (Lipinski definition) is 3. The Morgan fingerprint density at radius 3 is 2.80 bits per heavy atom. The fourth-order valence-electron chi connectivity index (χ4n) is 0.830. The molecule has 1 aromatic heterocycles. The first kappa shape index (κ1) is 10.9. The number of nitrogens with zero attached hydrogens (tertiary/aromatic N) is 2. The number of hydrogen-bond acceptors (Lipinski definition) is 5. The van der Waals surface area contributed by atoms with E-state index in [1.165, 1.54) is 19.4 Å². The molecule has 1 heterocycles. The van der Waals surface area contributed by atoms with E-state index in [0.29, 0.717) is 0 Å². The Morgan fingerprint density at radius 1 is 1.47 bits per heavy atom. The Morgan fingerprint density at radius 2 is 2.20 bits per heavy atom. The lowest BCUT2D eigenvalue weighted by molar-refractivity contribution is -0.119. The predicted molar refractivity (Wildman–Crippen MR) is 52.8 cm³/mol. The van der Waals surface area contributed by atoms with Gasteiger partial charge in [0.25, 0.3) is 5.91 Å². The van der Waals surface area contributed by atoms with Gasteiger partial charge in [0.1, 0.15) is 11.5 Å². The van der Waals surface area contributed by atoms with Gasteiger partial charge in [0.15, 0.2) is 0 Å². The summed E-state index contributed by atoms with van der Waals surface area (Å²) < 4.78 is 0. The Bertz CT molecular complexity index is 379. The number of carbonyl (C=O) groups is 2. The number of amides is 2. The summed E-state index contributed by atoms with van der Waals surface area (Å²) in [6, 6.07) is 0. The minimum atomic E-state index is -0.488. The van der Waals surface area contributed by atoms with Crippen molar-refractivity contribution in [3.05, 3.63) is 18.1 Å². The van der Waals surface area contributed by atoms with Crippen LogP contribution in [0.5, 0.6) is 0 Å². The Kier molecular flexibility index (Phi) is 3.55. The Labute approximate surface area is 86.1 Å². The highest BCUT2D eigenvalue weighted by atomic mass is 16.2. The quantitative estimate of drug-likeness (QED) is 0.563. The van der Waals surface area contributed by atoms with Gasteiger partial charge >= 0.3 is 0 Å². The highest BCUT2D eigenvalue weighted by molar-refractivity contribution is 5.94. The molecule has 1 rings (SSSR count). The molecule has 0 fully saturated rings. The van der Waals surface area contributed by atoms with E-state index in [2.05, 4.69) is 20.6 Å². The van der Waals surface area contributed by atoms with E-state index < -0.39 is 5.91 Å². The molecule has 80 valence electrons. The summed E-state index contributed by atoms with van der Waals surface area (Å²) in [6.45, 7) is -0.105. The summed E-state index contributed by atoms with van der Waals surface area (Å²) >= 11 is 0. The van der Waals surface area contributed by atoms with Crippen molar-refractivity contribution in [3.63, 3.8) is 0 Å². The molecule has 0 saturated carbocycles. The second-order valence-electron chi connectivity index (χ2n) is 2.69. The van der Waals surface area contributed by atoms with Crippen molar-refractivity contribution in [2.45, 2.75) is 0 Å². The third-order valence-corrected chi connectivity index (χ3v) is 1.57. The van der Waals surface area contributed by atoms with E-state index in [0.717, 1.165) is 0 Å². The number of likely N-dealkylation sites (N-methyl/N-ethyl adjacent to an activating group) is 1. The first-order valence-electron chi connectivity index (χ1n) is 4.19. The largest absolute Gasteiger partial charge is 0.382 e. The van der Waals surface area contributed by atoms with E-state index in [-0.39, 0.29) is 24.0 Å². The fourth-order valence-corrected chi connectivity index (χ4v) is 0.830. The molecule has 15 heavy (non-hydrogen) atoms. The highest BCUT2D eigenvalue weighted by Gasteiger charge is 2.08. The zero-order chi connectivity index (χ0) is 11.3. The topological polar surface area (TPSA) is 110 Å². The maximum absolute atomic E-state index is 11.4. The molecule has 2 amide bonds. The number of nitrogens with one attached hydrogen (secondary N) is 2. The predicted octanol–water partition coefficient (Wildman–Crippen LogP) is -1.47. The van der Waals surface area contributed by atoms with Crippen LogP contribution in [0, 0.1) is 0 Å². The highest BCUT2D eigenvalue weighted by Crippen LogP contribution is 1.96. The number of nitrogens with two attached hydrogens (primary N) is 1. The van der Waals surface area contributed by atoms with Crippen molar-refractivity contribution in [1.82, 2.24) is 20.6 Å². The van der Waals surface area contributed by atoms with Crippen LogP contribution in [-0.4, -0.2) is 35.4 Å². The minimum absolute atomic E-state index is 0.0823. The van der Waals surface area contributed by atoms with Crippen molar-refractivity contribution in [1.29, 1.82) is 0 Å². The van der Waals surface area contributed by atoms with E-state index in [9.17, 15) is 9.59 Å². The van der Waals surface area contributed by atoms with Gasteiger partial charge in [0.2, 0.25) is 5.91 Å². The normalized spacial score (nSPS) is 9.40. The lowest BCUT2D eigenvalue weighted by Crippen LogP contribution is -2.35. The third-order valence-electron chi connectivity index (χ3n) is 1.57. The average Bonchev–Trinajstić information content (AvgIpc) is 2.25. The van der Waals surface area contributed by atoms with E-state index in [1.54, 1.807) is 0 Å². The van der Waals surface area contributed by atoms with Crippen LogP contribution in [0.4, 0.5) is 5.82 Å². The van der Waals surface area contributed by atoms with Crippen LogP contribution in [0.3, 0.4) is 0 Å². The lowest BCUT2D eigenvalue weighted by atomic mass is 10.4. The molecule has 0 radical (unpaired) electrons. The second-order valence-corrected chi connectivity index (χ2v) is 2.69. The molecular weight excluding hydrogens is 198 g/mol. The van der Waals surface area contributed by atoms with E-state index in [4.69, 9.17) is 5.73 Å². The van der Waals surface area contributed by atoms with Gasteiger partial charge in [-0.25, -0.2) is 4.98 Å². The van der Waals surface area contributed by atoms with Gasteiger partial charge < -0.3 is 16.4 Å². The average molecular weight is 209 g/mol.